The minimum absolute atomic E-state index is 0.311. The lowest BCUT2D eigenvalue weighted by atomic mass is 10.0. The van der Waals surface area contributed by atoms with E-state index in [4.69, 9.17) is 0 Å². The highest BCUT2D eigenvalue weighted by atomic mass is 19.4. The van der Waals surface area contributed by atoms with Gasteiger partial charge in [0.15, 0.2) is 0 Å². The van der Waals surface area contributed by atoms with Gasteiger partial charge in [-0.1, -0.05) is 12.2 Å². The Bertz CT molecular complexity index is 247. The van der Waals surface area contributed by atoms with Gasteiger partial charge < -0.3 is 4.90 Å². The summed E-state index contributed by atoms with van der Waals surface area (Å²) in [5, 5.41) is 0. The number of nitrogens with zero attached hydrogens (tertiary/aromatic N) is 1. The Morgan fingerprint density at radius 1 is 1.43 bits per heavy atom. The summed E-state index contributed by atoms with van der Waals surface area (Å²) >= 11 is 0. The molecule has 0 spiro atoms. The quantitative estimate of drug-likeness (QED) is 0.603. The molecule has 0 heterocycles. The van der Waals surface area contributed by atoms with Crippen molar-refractivity contribution in [2.24, 2.45) is 0 Å². The van der Waals surface area contributed by atoms with E-state index >= 15 is 0 Å². The van der Waals surface area contributed by atoms with E-state index in [1.807, 2.05) is 12.2 Å². The van der Waals surface area contributed by atoms with Gasteiger partial charge in [-0.15, -0.1) is 0 Å². The molecule has 1 aliphatic carbocycles. The Labute approximate surface area is 80.4 Å². The van der Waals surface area contributed by atoms with Crippen molar-refractivity contribution in [2.75, 3.05) is 7.05 Å². The van der Waals surface area contributed by atoms with E-state index in [9.17, 15) is 18.0 Å². The summed E-state index contributed by atoms with van der Waals surface area (Å²) < 4.78 is 36.1. The number of alkyl halides is 3. The SMILES string of the molecule is CN(C(=O)C(F)(F)F)C1CC=CCC1. The fourth-order valence-electron chi connectivity index (χ4n) is 1.50. The normalized spacial score (nSPS) is 22.1. The van der Waals surface area contributed by atoms with Crippen molar-refractivity contribution in [2.45, 2.75) is 31.5 Å². The third-order valence-corrected chi connectivity index (χ3v) is 2.35. The third-order valence-electron chi connectivity index (χ3n) is 2.35. The summed E-state index contributed by atoms with van der Waals surface area (Å²) in [5.41, 5.74) is 0. The molecule has 0 fully saturated rings. The van der Waals surface area contributed by atoms with Crippen LogP contribution in [0.25, 0.3) is 0 Å². The van der Waals surface area contributed by atoms with Crippen LogP contribution in [0.1, 0.15) is 19.3 Å². The smallest absolute Gasteiger partial charge is 0.335 e. The molecule has 14 heavy (non-hydrogen) atoms. The first kappa shape index (κ1) is 11.1. The van der Waals surface area contributed by atoms with Gasteiger partial charge in [0, 0.05) is 13.1 Å². The van der Waals surface area contributed by atoms with Crippen LogP contribution < -0.4 is 0 Å². The number of hydrogen-bond donors (Lipinski definition) is 0. The second-order valence-corrected chi connectivity index (χ2v) is 3.35. The molecule has 0 aliphatic heterocycles. The van der Waals surface area contributed by atoms with E-state index in [-0.39, 0.29) is 6.04 Å². The lowest BCUT2D eigenvalue weighted by Crippen LogP contribution is -2.44. The average Bonchev–Trinajstić information content (AvgIpc) is 2.15. The molecular formula is C9H12F3NO. The summed E-state index contributed by atoms with van der Waals surface area (Å²) in [6.45, 7) is 0. The van der Waals surface area contributed by atoms with Gasteiger partial charge in [-0.3, -0.25) is 4.79 Å². The second kappa shape index (κ2) is 4.02. The maximum atomic E-state index is 12.0. The highest BCUT2D eigenvalue weighted by molar-refractivity contribution is 5.81. The maximum Gasteiger partial charge on any atom is 0.471 e. The van der Waals surface area contributed by atoms with Gasteiger partial charge in [-0.25, -0.2) is 0 Å². The number of hydrogen-bond acceptors (Lipinski definition) is 1. The Kier molecular flexibility index (Phi) is 3.18. The van der Waals surface area contributed by atoms with Crippen molar-refractivity contribution >= 4 is 5.91 Å². The monoisotopic (exact) mass is 207 g/mol. The topological polar surface area (TPSA) is 20.3 Å². The predicted molar refractivity (Wildman–Crippen MR) is 45.6 cm³/mol. The van der Waals surface area contributed by atoms with Gasteiger partial charge in [-0.2, -0.15) is 13.2 Å². The molecule has 1 aliphatic rings. The molecule has 0 aromatic rings. The second-order valence-electron chi connectivity index (χ2n) is 3.35. The summed E-state index contributed by atoms with van der Waals surface area (Å²) in [6.07, 6.45) is 0.833. The van der Waals surface area contributed by atoms with Crippen LogP contribution in [0.5, 0.6) is 0 Å². The molecular weight excluding hydrogens is 195 g/mol. The number of halogens is 3. The Hall–Kier alpha value is -1.00. The number of allylic oxidation sites excluding steroid dienone is 1. The summed E-state index contributed by atoms with van der Waals surface area (Å²) in [7, 11) is 1.21. The summed E-state index contributed by atoms with van der Waals surface area (Å²) in [6, 6.07) is -0.311. The zero-order valence-electron chi connectivity index (χ0n) is 7.84. The Balaban J connectivity index is 2.60. The van der Waals surface area contributed by atoms with Crippen molar-refractivity contribution in [1.82, 2.24) is 4.90 Å². The van der Waals surface area contributed by atoms with Crippen LogP contribution >= 0.6 is 0 Å². The molecule has 1 unspecified atom stereocenters. The molecule has 0 bridgehead atoms. The molecule has 0 saturated heterocycles. The van der Waals surface area contributed by atoms with E-state index in [1.165, 1.54) is 7.05 Å². The fraction of sp³-hybridized carbons (Fsp3) is 0.667. The van der Waals surface area contributed by atoms with Crippen molar-refractivity contribution in [3.05, 3.63) is 12.2 Å². The van der Waals surface area contributed by atoms with Gasteiger partial charge >= 0.3 is 12.1 Å². The molecule has 1 atom stereocenters. The molecule has 0 N–H and O–H groups in total. The van der Waals surface area contributed by atoms with E-state index in [2.05, 4.69) is 0 Å². The van der Waals surface area contributed by atoms with Crippen LogP contribution in [0.15, 0.2) is 12.2 Å². The lowest BCUT2D eigenvalue weighted by molar-refractivity contribution is -0.186. The van der Waals surface area contributed by atoms with E-state index in [0.717, 1.165) is 11.3 Å². The molecule has 80 valence electrons. The van der Waals surface area contributed by atoms with Crippen molar-refractivity contribution < 1.29 is 18.0 Å². The first-order chi connectivity index (χ1) is 6.43. The van der Waals surface area contributed by atoms with E-state index in [1.54, 1.807) is 0 Å². The van der Waals surface area contributed by atoms with Gasteiger partial charge in [0.2, 0.25) is 0 Å². The molecule has 1 amide bonds. The standard InChI is InChI=1S/C9H12F3NO/c1-13(8(14)9(10,11)12)7-5-3-2-4-6-7/h2-3,7H,4-6H2,1H3. The lowest BCUT2D eigenvalue weighted by Gasteiger charge is -2.29. The molecule has 0 radical (unpaired) electrons. The zero-order chi connectivity index (χ0) is 10.8. The van der Waals surface area contributed by atoms with Gasteiger partial charge in [0.1, 0.15) is 0 Å². The third kappa shape index (κ3) is 2.49. The van der Waals surface area contributed by atoms with Gasteiger partial charge in [-0.05, 0) is 19.3 Å². The minimum Gasteiger partial charge on any atom is -0.335 e. The average molecular weight is 207 g/mol. The van der Waals surface area contributed by atoms with Crippen LogP contribution in [-0.4, -0.2) is 30.1 Å². The predicted octanol–water partition coefficient (Wildman–Crippen LogP) is 2.12. The zero-order valence-corrected chi connectivity index (χ0v) is 7.84. The van der Waals surface area contributed by atoms with Crippen LogP contribution in [0, 0.1) is 0 Å². The van der Waals surface area contributed by atoms with Gasteiger partial charge in [0.25, 0.3) is 0 Å². The molecule has 0 aromatic heterocycles. The van der Waals surface area contributed by atoms with Crippen molar-refractivity contribution in [3.8, 4) is 0 Å². The number of carbonyl (C=O) groups is 1. The van der Waals surface area contributed by atoms with Crippen molar-refractivity contribution in [1.29, 1.82) is 0 Å². The minimum atomic E-state index is -4.75. The molecule has 1 rings (SSSR count). The largest absolute Gasteiger partial charge is 0.471 e. The molecule has 2 nitrogen and oxygen atoms in total. The highest BCUT2D eigenvalue weighted by Crippen LogP contribution is 2.23. The van der Waals surface area contributed by atoms with Crippen molar-refractivity contribution in [3.63, 3.8) is 0 Å². The van der Waals surface area contributed by atoms with E-state index in [0.29, 0.717) is 12.8 Å². The Morgan fingerprint density at radius 2 is 2.07 bits per heavy atom. The first-order valence-electron chi connectivity index (χ1n) is 4.42. The van der Waals surface area contributed by atoms with E-state index < -0.39 is 12.1 Å². The highest BCUT2D eigenvalue weighted by Gasteiger charge is 2.42. The molecule has 0 saturated carbocycles. The van der Waals surface area contributed by atoms with Crippen LogP contribution in [-0.2, 0) is 4.79 Å². The first-order valence-corrected chi connectivity index (χ1v) is 4.42. The number of carbonyl (C=O) groups excluding carboxylic acids is 1. The number of rotatable bonds is 1. The maximum absolute atomic E-state index is 12.0. The van der Waals surface area contributed by atoms with Crippen LogP contribution in [0.3, 0.4) is 0 Å². The van der Waals surface area contributed by atoms with Crippen LogP contribution in [0.4, 0.5) is 13.2 Å². The number of amides is 1. The molecule has 0 aromatic carbocycles. The fourth-order valence-corrected chi connectivity index (χ4v) is 1.50. The summed E-state index contributed by atoms with van der Waals surface area (Å²) in [5.74, 6) is -1.75. The molecule has 5 heteroatoms. The van der Waals surface area contributed by atoms with Crippen LogP contribution in [0.2, 0.25) is 0 Å². The summed E-state index contributed by atoms with van der Waals surface area (Å²) in [4.78, 5) is 11.6. The van der Waals surface area contributed by atoms with Gasteiger partial charge in [0.05, 0.1) is 0 Å². The Morgan fingerprint density at radius 3 is 2.50 bits per heavy atom.